The summed E-state index contributed by atoms with van der Waals surface area (Å²) in [6.07, 6.45) is 1.55. The summed E-state index contributed by atoms with van der Waals surface area (Å²) in [6.45, 7) is 3.58. The van der Waals surface area contributed by atoms with Crippen molar-refractivity contribution in [3.63, 3.8) is 0 Å². The fourth-order valence-electron chi connectivity index (χ4n) is 3.91. The molecule has 2 aromatic carbocycles. The van der Waals surface area contributed by atoms with Crippen molar-refractivity contribution in [3.05, 3.63) is 83.5 Å². The summed E-state index contributed by atoms with van der Waals surface area (Å²) in [4.78, 5) is 31.7. The molecule has 1 N–H and O–H groups in total. The fourth-order valence-corrected chi connectivity index (χ4v) is 5.13. The second-order valence-electron chi connectivity index (χ2n) is 7.61. The molecule has 4 rings (SSSR count). The molecule has 0 amide bonds. The number of rotatable bonds is 6. The molecule has 35 heavy (non-hydrogen) atoms. The van der Waals surface area contributed by atoms with E-state index in [1.807, 2.05) is 0 Å². The summed E-state index contributed by atoms with van der Waals surface area (Å²) in [5.41, 5.74) is 1.25. The second kappa shape index (κ2) is 9.97. The number of esters is 1. The van der Waals surface area contributed by atoms with Crippen molar-refractivity contribution in [3.8, 4) is 17.2 Å². The number of thiazole rings is 1. The molecule has 0 fully saturated rings. The number of phenolic OH excluding ortho intramolecular Hbond substituents is 1. The third-order valence-electron chi connectivity index (χ3n) is 5.53. The lowest BCUT2D eigenvalue weighted by molar-refractivity contribution is -0.139. The van der Waals surface area contributed by atoms with Crippen molar-refractivity contribution in [1.29, 1.82) is 0 Å². The highest BCUT2D eigenvalue weighted by Gasteiger charge is 2.35. The van der Waals surface area contributed by atoms with Crippen LogP contribution in [0.5, 0.6) is 17.2 Å². The molecular formula is C25H23ClN2O6S. The molecule has 8 nitrogen and oxygen atoms in total. The average Bonchev–Trinajstić information content (AvgIpc) is 3.14. The van der Waals surface area contributed by atoms with Gasteiger partial charge in [0.25, 0.3) is 5.56 Å². The van der Waals surface area contributed by atoms with Gasteiger partial charge >= 0.3 is 5.97 Å². The van der Waals surface area contributed by atoms with Crippen molar-refractivity contribution in [1.82, 2.24) is 4.57 Å². The molecule has 1 aromatic heterocycles. The van der Waals surface area contributed by atoms with Crippen LogP contribution >= 0.6 is 22.9 Å². The lowest BCUT2D eigenvalue weighted by Crippen LogP contribution is -2.40. The number of nitrogens with zero attached hydrogens (tertiary/aromatic N) is 2. The van der Waals surface area contributed by atoms with Gasteiger partial charge < -0.3 is 19.3 Å². The number of phenols is 1. The normalized spacial score (nSPS) is 15.5. The van der Waals surface area contributed by atoms with Crippen LogP contribution in [0.4, 0.5) is 0 Å². The molecule has 0 bridgehead atoms. The van der Waals surface area contributed by atoms with Gasteiger partial charge in [0.1, 0.15) is 23.3 Å². The maximum absolute atomic E-state index is 13.7. The van der Waals surface area contributed by atoms with Crippen LogP contribution in [0.15, 0.2) is 57.5 Å². The van der Waals surface area contributed by atoms with Gasteiger partial charge in [0.2, 0.25) is 0 Å². The predicted molar refractivity (Wildman–Crippen MR) is 133 cm³/mol. The Bertz CT molecular complexity index is 1520. The second-order valence-corrected chi connectivity index (χ2v) is 9.06. The van der Waals surface area contributed by atoms with Gasteiger partial charge in [-0.15, -0.1) is 0 Å². The average molecular weight is 515 g/mol. The van der Waals surface area contributed by atoms with Crippen LogP contribution in [-0.2, 0) is 9.53 Å². The Morgan fingerprint density at radius 3 is 2.69 bits per heavy atom. The van der Waals surface area contributed by atoms with Gasteiger partial charge in [-0.25, -0.2) is 9.79 Å². The molecule has 3 aromatic rings. The summed E-state index contributed by atoms with van der Waals surface area (Å²) in [5.74, 6) is 0.413. The zero-order chi connectivity index (χ0) is 25.3. The number of benzene rings is 2. The lowest BCUT2D eigenvalue weighted by atomic mass is 9.95. The Balaban J connectivity index is 2.01. The maximum Gasteiger partial charge on any atom is 0.338 e. The summed E-state index contributed by atoms with van der Waals surface area (Å²) >= 11 is 7.22. The Morgan fingerprint density at radius 2 is 2.00 bits per heavy atom. The molecule has 182 valence electrons. The monoisotopic (exact) mass is 514 g/mol. The highest BCUT2D eigenvalue weighted by molar-refractivity contribution is 7.07. The Kier molecular flexibility index (Phi) is 7.00. The van der Waals surface area contributed by atoms with Crippen LogP contribution in [0.2, 0.25) is 5.02 Å². The SMILES string of the molecule is CCOC(=O)C1=C(C)N=c2s/c(=C\c3cc(Cl)ccc3O)c(=O)n2[C@@H]1c1ccc(OC)cc1OC. The van der Waals surface area contributed by atoms with E-state index in [0.717, 1.165) is 11.3 Å². The highest BCUT2D eigenvalue weighted by Crippen LogP contribution is 2.37. The molecule has 0 saturated carbocycles. The van der Waals surface area contributed by atoms with Crippen LogP contribution in [0.1, 0.15) is 31.0 Å². The Hall–Kier alpha value is -3.56. The maximum atomic E-state index is 13.7. The number of methoxy groups -OCH3 is 2. The van der Waals surface area contributed by atoms with Crippen molar-refractivity contribution in [2.45, 2.75) is 19.9 Å². The molecular weight excluding hydrogens is 492 g/mol. The first kappa shape index (κ1) is 24.6. The van der Waals surface area contributed by atoms with Crippen LogP contribution in [0, 0.1) is 0 Å². The van der Waals surface area contributed by atoms with Crippen LogP contribution < -0.4 is 24.4 Å². The van der Waals surface area contributed by atoms with Crippen molar-refractivity contribution in [2.75, 3.05) is 20.8 Å². The molecule has 1 aliphatic rings. The standard InChI is InChI=1S/C25H23ClN2O6S/c1-5-34-24(31)21-13(2)27-25-28(22(21)17-8-7-16(32-3)12-19(17)33-4)23(30)20(35-25)11-14-10-15(26)6-9-18(14)29/h6-12,22,29H,5H2,1-4H3/b20-11-/t22-/m1/s1. The molecule has 10 heteroatoms. The van der Waals surface area contributed by atoms with E-state index < -0.39 is 12.0 Å². The van der Waals surface area contributed by atoms with E-state index in [1.165, 1.54) is 24.9 Å². The number of carbonyl (C=O) groups excluding carboxylic acids is 1. The van der Waals surface area contributed by atoms with Crippen molar-refractivity contribution < 1.29 is 24.1 Å². The largest absolute Gasteiger partial charge is 0.507 e. The number of carbonyl (C=O) groups is 1. The van der Waals surface area contributed by atoms with E-state index in [9.17, 15) is 14.7 Å². The smallest absolute Gasteiger partial charge is 0.338 e. The first-order chi connectivity index (χ1) is 16.8. The number of aromatic nitrogens is 1. The first-order valence-corrected chi connectivity index (χ1v) is 11.9. The van der Waals surface area contributed by atoms with E-state index in [2.05, 4.69) is 4.99 Å². The molecule has 0 unspecified atom stereocenters. The minimum atomic E-state index is -0.846. The third kappa shape index (κ3) is 4.56. The number of aromatic hydroxyl groups is 1. The molecule has 1 atom stereocenters. The predicted octanol–water partition coefficient (Wildman–Crippen LogP) is 3.17. The summed E-state index contributed by atoms with van der Waals surface area (Å²) in [7, 11) is 3.04. The first-order valence-electron chi connectivity index (χ1n) is 10.7. The van der Waals surface area contributed by atoms with Gasteiger partial charge in [0, 0.05) is 22.2 Å². The summed E-state index contributed by atoms with van der Waals surface area (Å²) in [5, 5.41) is 10.7. The Morgan fingerprint density at radius 1 is 1.23 bits per heavy atom. The van der Waals surface area contributed by atoms with Crippen LogP contribution in [0.25, 0.3) is 6.08 Å². The van der Waals surface area contributed by atoms with Crippen LogP contribution in [0.3, 0.4) is 0 Å². The minimum absolute atomic E-state index is 0.0167. The number of allylic oxidation sites excluding steroid dienone is 1. The van der Waals surface area contributed by atoms with Gasteiger partial charge in [0.05, 0.1) is 36.6 Å². The van der Waals surface area contributed by atoms with Crippen molar-refractivity contribution in [2.24, 2.45) is 4.99 Å². The van der Waals surface area contributed by atoms with E-state index in [4.69, 9.17) is 25.8 Å². The molecule has 0 radical (unpaired) electrons. The van der Waals surface area contributed by atoms with Gasteiger partial charge in [-0.05, 0) is 50.3 Å². The van der Waals surface area contributed by atoms with E-state index in [0.29, 0.717) is 42.7 Å². The molecule has 1 aliphatic heterocycles. The summed E-state index contributed by atoms with van der Waals surface area (Å²) < 4.78 is 18.0. The van der Waals surface area contributed by atoms with E-state index >= 15 is 0 Å². The molecule has 0 spiro atoms. The number of hydrogen-bond donors (Lipinski definition) is 1. The Labute approximate surface area is 210 Å². The number of halogens is 1. The van der Waals surface area contributed by atoms with Gasteiger partial charge in [0.15, 0.2) is 4.80 Å². The third-order valence-corrected chi connectivity index (χ3v) is 6.75. The zero-order valence-electron chi connectivity index (χ0n) is 19.5. The molecule has 0 aliphatic carbocycles. The van der Waals surface area contributed by atoms with E-state index in [1.54, 1.807) is 50.3 Å². The summed E-state index contributed by atoms with van der Waals surface area (Å²) in [6, 6.07) is 8.90. The van der Waals surface area contributed by atoms with Crippen LogP contribution in [-0.4, -0.2) is 36.5 Å². The fraction of sp³-hybridized carbons (Fsp3) is 0.240. The number of hydrogen-bond acceptors (Lipinski definition) is 8. The lowest BCUT2D eigenvalue weighted by Gasteiger charge is -2.26. The zero-order valence-corrected chi connectivity index (χ0v) is 21.1. The minimum Gasteiger partial charge on any atom is -0.507 e. The highest BCUT2D eigenvalue weighted by atomic mass is 35.5. The van der Waals surface area contributed by atoms with E-state index in [-0.39, 0.29) is 23.5 Å². The number of fused-ring (bicyclic) bond motifs is 1. The van der Waals surface area contributed by atoms with Gasteiger partial charge in [-0.1, -0.05) is 22.9 Å². The van der Waals surface area contributed by atoms with Crippen molar-refractivity contribution >= 4 is 35.0 Å². The topological polar surface area (TPSA) is 99.4 Å². The van der Waals surface area contributed by atoms with Gasteiger partial charge in [-0.2, -0.15) is 0 Å². The quantitative estimate of drug-likeness (QED) is 0.507. The number of ether oxygens (including phenoxy) is 3. The van der Waals surface area contributed by atoms with Gasteiger partial charge in [-0.3, -0.25) is 9.36 Å². The molecule has 2 heterocycles. The molecule has 0 saturated heterocycles.